The first-order valence-electron chi connectivity index (χ1n) is 10.5. The SMILES string of the molecule is CO.Cc1csc(C(C)C)n1.Cc1nc(C(C)C)sc1N.Cc1nc(C(C)C)sc1[N+](=O)[O-]. The van der Waals surface area contributed by atoms with Gasteiger partial charge in [-0.2, -0.15) is 0 Å². The molecule has 11 heteroatoms. The van der Waals surface area contributed by atoms with Gasteiger partial charge < -0.3 is 10.8 Å². The van der Waals surface area contributed by atoms with Crippen molar-refractivity contribution < 1.29 is 10.0 Å². The van der Waals surface area contributed by atoms with Gasteiger partial charge in [-0.05, 0) is 32.1 Å². The first-order chi connectivity index (χ1) is 15.3. The molecule has 0 aliphatic rings. The van der Waals surface area contributed by atoms with Crippen LogP contribution in [0.3, 0.4) is 0 Å². The quantitative estimate of drug-likeness (QED) is 0.288. The van der Waals surface area contributed by atoms with Crippen LogP contribution in [0.15, 0.2) is 5.38 Å². The van der Waals surface area contributed by atoms with E-state index in [9.17, 15) is 10.1 Å². The smallest absolute Gasteiger partial charge is 0.346 e. The molecule has 0 aliphatic carbocycles. The molecule has 33 heavy (non-hydrogen) atoms. The predicted molar refractivity (Wildman–Crippen MR) is 142 cm³/mol. The Bertz CT molecular complexity index is 958. The molecule has 3 aromatic rings. The Hall–Kier alpha value is -1.95. The molecule has 0 amide bonds. The number of nitro groups is 1. The number of aromatic nitrogens is 3. The number of hydrogen-bond acceptors (Lipinski definition) is 10. The molecule has 0 spiro atoms. The van der Waals surface area contributed by atoms with E-state index >= 15 is 0 Å². The van der Waals surface area contributed by atoms with Gasteiger partial charge in [-0.3, -0.25) is 10.1 Å². The summed E-state index contributed by atoms with van der Waals surface area (Å²) < 4.78 is 0. The zero-order valence-electron chi connectivity index (χ0n) is 21.2. The number of nitrogens with two attached hydrogens (primary N) is 1. The molecular weight excluding hydrogens is 478 g/mol. The average molecular weight is 516 g/mol. The molecule has 0 saturated heterocycles. The minimum Gasteiger partial charge on any atom is -0.400 e. The third kappa shape index (κ3) is 10.7. The summed E-state index contributed by atoms with van der Waals surface area (Å²) in [6.45, 7) is 18.2. The van der Waals surface area contributed by atoms with E-state index in [0.717, 1.165) is 33.5 Å². The van der Waals surface area contributed by atoms with Crippen molar-refractivity contribution in [1.82, 2.24) is 15.0 Å². The highest BCUT2D eigenvalue weighted by molar-refractivity contribution is 7.15. The van der Waals surface area contributed by atoms with Crippen LogP contribution in [0.1, 0.15) is 91.4 Å². The van der Waals surface area contributed by atoms with Gasteiger partial charge in [0, 0.05) is 35.9 Å². The van der Waals surface area contributed by atoms with Gasteiger partial charge in [0.05, 0.1) is 20.6 Å². The number of aryl methyl sites for hydroxylation is 3. The summed E-state index contributed by atoms with van der Waals surface area (Å²) in [5.41, 5.74) is 8.27. The molecule has 0 saturated carbocycles. The largest absolute Gasteiger partial charge is 0.400 e. The maximum Gasteiger partial charge on any atom is 0.346 e. The average Bonchev–Trinajstić information content (AvgIpc) is 3.44. The molecule has 8 nitrogen and oxygen atoms in total. The number of aliphatic hydroxyl groups is 1. The van der Waals surface area contributed by atoms with Crippen LogP contribution in [0.25, 0.3) is 0 Å². The highest BCUT2D eigenvalue weighted by atomic mass is 32.1. The Morgan fingerprint density at radius 3 is 1.52 bits per heavy atom. The molecule has 0 unspecified atom stereocenters. The number of rotatable bonds is 4. The number of aliphatic hydroxyl groups excluding tert-OH is 1. The van der Waals surface area contributed by atoms with Gasteiger partial charge in [0.2, 0.25) is 0 Å². The first kappa shape index (κ1) is 31.0. The van der Waals surface area contributed by atoms with E-state index in [0.29, 0.717) is 17.5 Å². The van der Waals surface area contributed by atoms with Gasteiger partial charge in [-0.25, -0.2) is 15.0 Å². The fraction of sp³-hybridized carbons (Fsp3) is 0.591. The minimum atomic E-state index is -0.376. The lowest BCUT2D eigenvalue weighted by atomic mass is 10.2. The summed E-state index contributed by atoms with van der Waals surface area (Å²) in [6, 6.07) is 0. The Labute approximate surface area is 209 Å². The van der Waals surface area contributed by atoms with Gasteiger partial charge in [-0.15, -0.1) is 22.7 Å². The van der Waals surface area contributed by atoms with E-state index < -0.39 is 0 Å². The highest BCUT2D eigenvalue weighted by Crippen LogP contribution is 2.30. The highest BCUT2D eigenvalue weighted by Gasteiger charge is 2.18. The van der Waals surface area contributed by atoms with Crippen molar-refractivity contribution in [3.63, 3.8) is 0 Å². The summed E-state index contributed by atoms with van der Waals surface area (Å²) in [5.74, 6) is 1.35. The second kappa shape index (κ2) is 15.0. The van der Waals surface area contributed by atoms with E-state index in [-0.39, 0.29) is 15.8 Å². The third-order valence-corrected chi connectivity index (χ3v) is 7.88. The van der Waals surface area contributed by atoms with Gasteiger partial charge >= 0.3 is 5.00 Å². The van der Waals surface area contributed by atoms with Gasteiger partial charge in [0.1, 0.15) is 15.7 Å². The fourth-order valence-electron chi connectivity index (χ4n) is 2.14. The lowest BCUT2D eigenvalue weighted by Crippen LogP contribution is -1.86. The van der Waals surface area contributed by atoms with Crippen molar-refractivity contribution in [2.24, 2.45) is 0 Å². The molecule has 0 atom stereocenters. The van der Waals surface area contributed by atoms with Crippen LogP contribution in [0.4, 0.5) is 10.0 Å². The fourth-order valence-corrected chi connectivity index (χ4v) is 4.67. The third-order valence-electron chi connectivity index (χ3n) is 3.92. The van der Waals surface area contributed by atoms with Crippen LogP contribution in [0.5, 0.6) is 0 Å². The standard InChI is InChI=1S/C7H10N2O2S.C7H12N2S.C7H11NS.CH4O/c1-4(2)6-8-5(3)7(12-6)9(10)11;1-4(2)7-9-5(3)6(8)10-7;1-5(2)7-8-6(3)4-9-7;1-2/h4H,1-3H3;4H,8H2,1-3H3;4-5H,1-3H3;2H,1H3. The lowest BCUT2D eigenvalue weighted by Gasteiger charge is -1.94. The molecule has 0 bridgehead atoms. The van der Waals surface area contributed by atoms with E-state index in [4.69, 9.17) is 10.8 Å². The van der Waals surface area contributed by atoms with Crippen LogP contribution in [-0.2, 0) is 0 Å². The molecule has 3 N–H and O–H groups in total. The summed E-state index contributed by atoms with van der Waals surface area (Å²) in [6.07, 6.45) is 0. The zero-order valence-corrected chi connectivity index (χ0v) is 23.6. The maximum atomic E-state index is 10.4. The Morgan fingerprint density at radius 1 is 0.848 bits per heavy atom. The molecule has 3 rings (SSSR count). The van der Waals surface area contributed by atoms with Crippen LogP contribution in [0.2, 0.25) is 0 Å². The van der Waals surface area contributed by atoms with Crippen molar-refractivity contribution >= 4 is 44.0 Å². The topological polar surface area (TPSA) is 128 Å². The van der Waals surface area contributed by atoms with E-state index in [1.807, 2.05) is 27.7 Å². The summed E-state index contributed by atoms with van der Waals surface area (Å²) in [7, 11) is 1.00. The second-order valence-electron chi connectivity index (χ2n) is 7.99. The molecule has 0 fully saturated rings. The van der Waals surface area contributed by atoms with E-state index in [1.54, 1.807) is 29.6 Å². The molecule has 0 radical (unpaired) electrons. The zero-order chi connectivity index (χ0) is 25.9. The van der Waals surface area contributed by atoms with Crippen LogP contribution < -0.4 is 5.73 Å². The van der Waals surface area contributed by atoms with Crippen molar-refractivity contribution in [1.29, 1.82) is 0 Å². The molecule has 0 aromatic carbocycles. The van der Waals surface area contributed by atoms with Crippen molar-refractivity contribution in [2.45, 2.75) is 80.1 Å². The number of hydrogen-bond donors (Lipinski definition) is 2. The number of nitrogens with zero attached hydrogens (tertiary/aromatic N) is 4. The van der Waals surface area contributed by atoms with Crippen molar-refractivity contribution in [2.75, 3.05) is 12.8 Å². The Balaban J connectivity index is 0.000000452. The summed E-state index contributed by atoms with van der Waals surface area (Å²) in [4.78, 5) is 22.8. The molecule has 0 aliphatic heterocycles. The summed E-state index contributed by atoms with van der Waals surface area (Å²) >= 11 is 4.50. The van der Waals surface area contributed by atoms with Crippen molar-refractivity contribution in [3.8, 4) is 0 Å². The molecular formula is C22H37N5O3S3. The lowest BCUT2D eigenvalue weighted by molar-refractivity contribution is -0.380. The Morgan fingerprint density at radius 2 is 1.30 bits per heavy atom. The van der Waals surface area contributed by atoms with Gasteiger partial charge in [0.15, 0.2) is 0 Å². The number of anilines is 1. The van der Waals surface area contributed by atoms with Crippen LogP contribution in [0, 0.1) is 30.9 Å². The second-order valence-corrected chi connectivity index (χ2v) is 11.0. The summed E-state index contributed by atoms with van der Waals surface area (Å²) in [5, 5.41) is 23.8. The maximum absolute atomic E-state index is 10.4. The number of nitrogen functional groups attached to an aromatic ring is 1. The van der Waals surface area contributed by atoms with E-state index in [2.05, 4.69) is 48.0 Å². The normalized spacial score (nSPS) is 10.2. The minimum absolute atomic E-state index is 0.165. The molecule has 3 aromatic heterocycles. The van der Waals surface area contributed by atoms with Crippen LogP contribution >= 0.6 is 34.0 Å². The van der Waals surface area contributed by atoms with E-state index in [1.165, 1.54) is 16.3 Å². The van der Waals surface area contributed by atoms with Crippen molar-refractivity contribution in [3.05, 3.63) is 47.6 Å². The predicted octanol–water partition coefficient (Wildman–Crippen LogP) is 6.82. The Kier molecular flexibility index (Phi) is 14.2. The van der Waals surface area contributed by atoms with Gasteiger partial charge in [0.25, 0.3) is 0 Å². The number of thiazole rings is 3. The van der Waals surface area contributed by atoms with Gasteiger partial charge in [-0.1, -0.05) is 41.5 Å². The van der Waals surface area contributed by atoms with Crippen LogP contribution in [-0.4, -0.2) is 32.1 Å². The molecule has 186 valence electrons. The molecule has 3 heterocycles. The monoisotopic (exact) mass is 515 g/mol. The first-order valence-corrected chi connectivity index (χ1v) is 13.1.